The van der Waals surface area contributed by atoms with Crippen LogP contribution in [-0.2, 0) is 19.2 Å². The summed E-state index contributed by atoms with van der Waals surface area (Å²) >= 11 is 0. The summed E-state index contributed by atoms with van der Waals surface area (Å²) in [7, 11) is 0. The molecule has 0 saturated heterocycles. The normalized spacial score (nSPS) is 10.9. The summed E-state index contributed by atoms with van der Waals surface area (Å²) in [6, 6.07) is 19.8. The van der Waals surface area contributed by atoms with Gasteiger partial charge in [0.1, 0.15) is 0 Å². The van der Waals surface area contributed by atoms with Crippen molar-refractivity contribution in [1.29, 1.82) is 0 Å². The number of halogens is 3. The van der Waals surface area contributed by atoms with Crippen molar-refractivity contribution in [3.63, 3.8) is 0 Å². The number of aliphatic hydroxyl groups is 2. The average molecular weight is 389 g/mol. The van der Waals surface area contributed by atoms with Crippen molar-refractivity contribution in [2.24, 2.45) is 0 Å². The molecule has 0 aromatic heterocycles. The lowest BCUT2D eigenvalue weighted by molar-refractivity contribution is -0.137. The molecule has 0 fully saturated rings. The molecule has 0 aliphatic rings. The van der Waals surface area contributed by atoms with Crippen LogP contribution in [0.5, 0.6) is 0 Å². The van der Waals surface area contributed by atoms with E-state index in [-0.39, 0.29) is 13.2 Å². The van der Waals surface area contributed by atoms with Crippen LogP contribution >= 0.6 is 0 Å². The lowest BCUT2D eigenvalue weighted by Crippen LogP contribution is -2.03. The topological polar surface area (TPSA) is 66.5 Å². The van der Waals surface area contributed by atoms with Gasteiger partial charge in [-0.1, -0.05) is 48.5 Å². The molecule has 28 heavy (non-hydrogen) atoms. The molecule has 0 aliphatic carbocycles. The largest absolute Gasteiger partial charge is 0.416 e. The average Bonchev–Trinajstić information content (AvgIpc) is 2.69. The minimum absolute atomic E-state index is 0.00435. The molecule has 0 atom stereocenters. The van der Waals surface area contributed by atoms with Crippen LogP contribution in [0.2, 0.25) is 0 Å². The van der Waals surface area contributed by atoms with E-state index in [1.54, 1.807) is 18.2 Å². The van der Waals surface area contributed by atoms with E-state index in [0.717, 1.165) is 34.4 Å². The van der Waals surface area contributed by atoms with E-state index in [9.17, 15) is 13.2 Å². The SMILES string of the molecule is FC(F)(F)c1ccc(-c2ccccc2)cc1.Nc1ccc(CO)c(CCO)c1. The fourth-order valence-corrected chi connectivity index (χ4v) is 2.64. The van der Waals surface area contributed by atoms with Gasteiger partial charge in [-0.05, 0) is 52.9 Å². The molecular formula is C22H22F3NO2. The first kappa shape index (κ1) is 21.5. The molecule has 0 aliphatic heterocycles. The van der Waals surface area contributed by atoms with Gasteiger partial charge < -0.3 is 15.9 Å². The van der Waals surface area contributed by atoms with E-state index in [1.807, 2.05) is 30.3 Å². The minimum atomic E-state index is -4.27. The molecule has 0 amide bonds. The minimum Gasteiger partial charge on any atom is -0.399 e. The van der Waals surface area contributed by atoms with Crippen LogP contribution in [0, 0.1) is 0 Å². The van der Waals surface area contributed by atoms with Gasteiger partial charge in [0.05, 0.1) is 12.2 Å². The lowest BCUT2D eigenvalue weighted by Gasteiger charge is -2.07. The van der Waals surface area contributed by atoms with Crippen molar-refractivity contribution >= 4 is 5.69 Å². The van der Waals surface area contributed by atoms with Crippen LogP contribution in [0.4, 0.5) is 18.9 Å². The van der Waals surface area contributed by atoms with Gasteiger partial charge in [-0.2, -0.15) is 13.2 Å². The number of hydrogen-bond donors (Lipinski definition) is 3. The molecule has 0 saturated carbocycles. The third kappa shape index (κ3) is 6.11. The maximum atomic E-state index is 12.3. The molecular weight excluding hydrogens is 367 g/mol. The van der Waals surface area contributed by atoms with Crippen molar-refractivity contribution in [1.82, 2.24) is 0 Å². The Morgan fingerprint density at radius 1 is 0.750 bits per heavy atom. The summed E-state index contributed by atoms with van der Waals surface area (Å²) in [6.45, 7) is 0.0755. The number of anilines is 1. The predicted molar refractivity (Wildman–Crippen MR) is 104 cm³/mol. The Balaban J connectivity index is 0.000000209. The van der Waals surface area contributed by atoms with Gasteiger partial charge in [0.2, 0.25) is 0 Å². The summed E-state index contributed by atoms with van der Waals surface area (Å²) in [5.41, 5.74) is 9.04. The summed E-state index contributed by atoms with van der Waals surface area (Å²) in [4.78, 5) is 0. The number of aliphatic hydroxyl groups excluding tert-OH is 2. The maximum absolute atomic E-state index is 12.3. The van der Waals surface area contributed by atoms with Gasteiger partial charge in [-0.25, -0.2) is 0 Å². The van der Waals surface area contributed by atoms with E-state index in [1.165, 1.54) is 12.1 Å². The Hall–Kier alpha value is -2.83. The predicted octanol–water partition coefficient (Wildman–Crippen LogP) is 4.67. The molecule has 0 radical (unpaired) electrons. The molecule has 3 aromatic rings. The van der Waals surface area contributed by atoms with Crippen molar-refractivity contribution in [3.8, 4) is 11.1 Å². The van der Waals surface area contributed by atoms with Crippen molar-refractivity contribution in [2.75, 3.05) is 12.3 Å². The summed E-state index contributed by atoms with van der Waals surface area (Å²) < 4.78 is 37.0. The van der Waals surface area contributed by atoms with E-state index in [2.05, 4.69) is 0 Å². The first-order valence-electron chi connectivity index (χ1n) is 8.67. The zero-order chi connectivity index (χ0) is 20.6. The molecule has 6 heteroatoms. The fraction of sp³-hybridized carbons (Fsp3) is 0.182. The van der Waals surface area contributed by atoms with E-state index in [4.69, 9.17) is 15.9 Å². The second-order valence-corrected chi connectivity index (χ2v) is 6.10. The van der Waals surface area contributed by atoms with Gasteiger partial charge in [0, 0.05) is 12.3 Å². The third-order valence-corrected chi connectivity index (χ3v) is 4.10. The van der Waals surface area contributed by atoms with Crippen LogP contribution in [0.3, 0.4) is 0 Å². The van der Waals surface area contributed by atoms with Crippen molar-refractivity contribution < 1.29 is 23.4 Å². The van der Waals surface area contributed by atoms with Crippen LogP contribution in [-0.4, -0.2) is 16.8 Å². The molecule has 0 unspecified atom stereocenters. The van der Waals surface area contributed by atoms with Crippen LogP contribution in [0.15, 0.2) is 72.8 Å². The molecule has 4 N–H and O–H groups in total. The number of benzene rings is 3. The number of rotatable bonds is 4. The smallest absolute Gasteiger partial charge is 0.399 e. The first-order chi connectivity index (χ1) is 13.3. The van der Waals surface area contributed by atoms with E-state index in [0.29, 0.717) is 12.1 Å². The second kappa shape index (κ2) is 9.92. The van der Waals surface area contributed by atoms with Crippen molar-refractivity contribution in [3.05, 3.63) is 89.5 Å². The fourth-order valence-electron chi connectivity index (χ4n) is 2.64. The van der Waals surface area contributed by atoms with Crippen molar-refractivity contribution in [2.45, 2.75) is 19.2 Å². The Labute approximate surface area is 161 Å². The van der Waals surface area contributed by atoms with Gasteiger partial charge in [0.15, 0.2) is 0 Å². The van der Waals surface area contributed by atoms with Crippen LogP contribution < -0.4 is 5.73 Å². The van der Waals surface area contributed by atoms with E-state index >= 15 is 0 Å². The highest BCUT2D eigenvalue weighted by Crippen LogP contribution is 2.30. The zero-order valence-electron chi connectivity index (χ0n) is 15.2. The Morgan fingerprint density at radius 3 is 1.89 bits per heavy atom. The Kier molecular flexibility index (Phi) is 7.61. The Bertz CT molecular complexity index is 863. The van der Waals surface area contributed by atoms with Gasteiger partial charge in [-0.15, -0.1) is 0 Å². The molecule has 0 bridgehead atoms. The van der Waals surface area contributed by atoms with E-state index < -0.39 is 11.7 Å². The number of nitrogen functional groups attached to an aromatic ring is 1. The summed E-state index contributed by atoms with van der Waals surface area (Å²) in [5.74, 6) is 0. The number of nitrogens with two attached hydrogens (primary N) is 1. The molecule has 148 valence electrons. The molecule has 3 aromatic carbocycles. The monoisotopic (exact) mass is 389 g/mol. The highest BCUT2D eigenvalue weighted by atomic mass is 19.4. The van der Waals surface area contributed by atoms with Crippen LogP contribution in [0.1, 0.15) is 16.7 Å². The second-order valence-electron chi connectivity index (χ2n) is 6.10. The molecule has 0 heterocycles. The molecule has 3 rings (SSSR count). The zero-order valence-corrected chi connectivity index (χ0v) is 15.2. The molecule has 3 nitrogen and oxygen atoms in total. The lowest BCUT2D eigenvalue weighted by atomic mass is 10.0. The number of alkyl halides is 3. The van der Waals surface area contributed by atoms with Crippen LogP contribution in [0.25, 0.3) is 11.1 Å². The third-order valence-electron chi connectivity index (χ3n) is 4.10. The molecule has 0 spiro atoms. The quantitative estimate of drug-likeness (QED) is 0.568. The maximum Gasteiger partial charge on any atom is 0.416 e. The first-order valence-corrected chi connectivity index (χ1v) is 8.67. The van der Waals surface area contributed by atoms with Gasteiger partial charge in [0.25, 0.3) is 0 Å². The number of hydrogen-bond acceptors (Lipinski definition) is 3. The standard InChI is InChI=1S/C13H9F3.C9H13NO2/c14-13(15,16)12-8-6-11(7-9-12)10-4-2-1-3-5-10;10-9-2-1-8(6-12)7(5-9)3-4-11/h1-9H;1-2,5,11-12H,3-4,6,10H2. The summed E-state index contributed by atoms with van der Waals surface area (Å²) in [5, 5.41) is 17.6. The van der Waals surface area contributed by atoms with Gasteiger partial charge >= 0.3 is 6.18 Å². The highest BCUT2D eigenvalue weighted by molar-refractivity contribution is 5.63. The van der Waals surface area contributed by atoms with Gasteiger partial charge in [-0.3, -0.25) is 0 Å². The Morgan fingerprint density at radius 2 is 1.36 bits per heavy atom. The highest BCUT2D eigenvalue weighted by Gasteiger charge is 2.29. The summed E-state index contributed by atoms with van der Waals surface area (Å²) in [6.07, 6.45) is -3.73.